The van der Waals surface area contributed by atoms with Crippen LogP contribution in [0, 0.1) is 0 Å². The molecule has 17 heavy (non-hydrogen) atoms. The highest BCUT2D eigenvalue weighted by Crippen LogP contribution is 2.23. The molecule has 1 heterocycles. The average molecular weight is 224 g/mol. The lowest BCUT2D eigenvalue weighted by atomic mass is 10.0. The SMILES string of the molecule is c1ccc(-c2ccc([C@H]3CCC[NH2+]3)cc2)cc1. The molecule has 0 radical (unpaired) electrons. The number of hydrogen-bond acceptors (Lipinski definition) is 0. The standard InChI is InChI=1S/C16H17N/c1-2-5-13(6-3-1)14-8-10-15(11-9-14)16-7-4-12-17-16/h1-3,5-6,8-11,16-17H,4,7,12H2/p+1/t16-/m1/s1. The summed E-state index contributed by atoms with van der Waals surface area (Å²) in [6.07, 6.45) is 2.68. The summed E-state index contributed by atoms with van der Waals surface area (Å²) in [5.74, 6) is 0. The van der Waals surface area contributed by atoms with Crippen molar-refractivity contribution in [1.29, 1.82) is 0 Å². The molecule has 1 nitrogen and oxygen atoms in total. The van der Waals surface area contributed by atoms with Crippen LogP contribution in [0.5, 0.6) is 0 Å². The molecule has 0 bridgehead atoms. The topological polar surface area (TPSA) is 16.6 Å². The third-order valence-corrected chi connectivity index (χ3v) is 3.62. The van der Waals surface area contributed by atoms with Crippen molar-refractivity contribution in [1.82, 2.24) is 0 Å². The minimum atomic E-state index is 0.694. The number of quaternary nitrogens is 1. The Labute approximate surface area is 102 Å². The second-order valence-corrected chi connectivity index (χ2v) is 4.76. The Kier molecular flexibility index (Phi) is 2.93. The highest BCUT2D eigenvalue weighted by Gasteiger charge is 2.19. The zero-order valence-corrected chi connectivity index (χ0v) is 9.97. The first kappa shape index (κ1) is 10.5. The molecule has 3 rings (SSSR count). The van der Waals surface area contributed by atoms with Crippen molar-refractivity contribution < 1.29 is 5.32 Å². The molecule has 0 aromatic heterocycles. The third kappa shape index (κ3) is 2.25. The van der Waals surface area contributed by atoms with E-state index in [-0.39, 0.29) is 0 Å². The first-order chi connectivity index (χ1) is 8.43. The average Bonchev–Trinajstić information content (AvgIpc) is 2.94. The molecule has 1 fully saturated rings. The summed E-state index contributed by atoms with van der Waals surface area (Å²) in [6.45, 7) is 1.28. The molecule has 0 unspecified atom stereocenters. The normalized spacial score (nSPS) is 19.4. The molecule has 1 heteroatoms. The lowest BCUT2D eigenvalue weighted by Gasteiger charge is -2.08. The van der Waals surface area contributed by atoms with E-state index in [1.54, 1.807) is 0 Å². The van der Waals surface area contributed by atoms with Crippen LogP contribution >= 0.6 is 0 Å². The van der Waals surface area contributed by atoms with E-state index in [1.807, 2.05) is 0 Å². The van der Waals surface area contributed by atoms with Gasteiger partial charge in [-0.1, -0.05) is 54.6 Å². The summed E-state index contributed by atoms with van der Waals surface area (Å²) in [6, 6.07) is 20.3. The molecule has 0 amide bonds. The van der Waals surface area contributed by atoms with Crippen molar-refractivity contribution in [3.05, 3.63) is 60.2 Å². The number of nitrogens with two attached hydrogens (primary N) is 1. The Balaban J connectivity index is 1.85. The predicted octanol–water partition coefficient (Wildman–Crippen LogP) is 2.75. The van der Waals surface area contributed by atoms with E-state index in [2.05, 4.69) is 59.9 Å². The largest absolute Gasteiger partial charge is 0.340 e. The van der Waals surface area contributed by atoms with Crippen LogP contribution in [0.4, 0.5) is 0 Å². The van der Waals surface area contributed by atoms with Crippen LogP contribution in [0.2, 0.25) is 0 Å². The summed E-state index contributed by atoms with van der Waals surface area (Å²) in [5.41, 5.74) is 4.09. The highest BCUT2D eigenvalue weighted by molar-refractivity contribution is 5.63. The molecule has 86 valence electrons. The van der Waals surface area contributed by atoms with E-state index in [1.165, 1.54) is 36.1 Å². The number of rotatable bonds is 2. The maximum Gasteiger partial charge on any atom is 0.112 e. The summed E-state index contributed by atoms with van der Waals surface area (Å²) >= 11 is 0. The van der Waals surface area contributed by atoms with Gasteiger partial charge in [0.2, 0.25) is 0 Å². The van der Waals surface area contributed by atoms with Gasteiger partial charge < -0.3 is 5.32 Å². The fourth-order valence-electron chi connectivity index (χ4n) is 2.63. The van der Waals surface area contributed by atoms with Crippen molar-refractivity contribution in [2.45, 2.75) is 18.9 Å². The molecule has 0 saturated carbocycles. The van der Waals surface area contributed by atoms with Crippen molar-refractivity contribution in [2.75, 3.05) is 6.54 Å². The van der Waals surface area contributed by atoms with Crippen LogP contribution < -0.4 is 5.32 Å². The van der Waals surface area contributed by atoms with Crippen LogP contribution in [0.25, 0.3) is 11.1 Å². The maximum atomic E-state index is 2.46. The van der Waals surface area contributed by atoms with E-state index in [9.17, 15) is 0 Å². The molecule has 2 aromatic rings. The smallest absolute Gasteiger partial charge is 0.112 e. The fourth-order valence-corrected chi connectivity index (χ4v) is 2.63. The Hall–Kier alpha value is -1.60. The number of benzene rings is 2. The summed E-state index contributed by atoms with van der Waals surface area (Å²) in [4.78, 5) is 0. The van der Waals surface area contributed by atoms with Gasteiger partial charge in [-0.05, 0) is 11.1 Å². The minimum absolute atomic E-state index is 0.694. The summed E-state index contributed by atoms with van der Waals surface area (Å²) in [5, 5.41) is 2.46. The maximum absolute atomic E-state index is 2.46. The fraction of sp³-hybridized carbons (Fsp3) is 0.250. The molecule has 0 aliphatic carbocycles. The molecule has 0 spiro atoms. The van der Waals surface area contributed by atoms with E-state index in [4.69, 9.17) is 0 Å². The molecular weight excluding hydrogens is 206 g/mol. The molecule has 1 aliphatic rings. The van der Waals surface area contributed by atoms with Gasteiger partial charge in [-0.25, -0.2) is 0 Å². The number of hydrogen-bond donors (Lipinski definition) is 1. The van der Waals surface area contributed by atoms with Crippen LogP contribution in [-0.4, -0.2) is 6.54 Å². The molecule has 1 saturated heterocycles. The van der Waals surface area contributed by atoms with Gasteiger partial charge in [-0.2, -0.15) is 0 Å². The van der Waals surface area contributed by atoms with Crippen molar-refractivity contribution in [2.24, 2.45) is 0 Å². The van der Waals surface area contributed by atoms with Gasteiger partial charge in [0, 0.05) is 18.4 Å². The van der Waals surface area contributed by atoms with Gasteiger partial charge in [-0.15, -0.1) is 0 Å². The molecule has 2 N–H and O–H groups in total. The molecule has 2 aromatic carbocycles. The van der Waals surface area contributed by atoms with Gasteiger partial charge in [-0.3, -0.25) is 0 Å². The monoisotopic (exact) mass is 224 g/mol. The third-order valence-electron chi connectivity index (χ3n) is 3.62. The van der Waals surface area contributed by atoms with E-state index in [0.717, 1.165) is 0 Å². The van der Waals surface area contributed by atoms with Crippen molar-refractivity contribution in [3.8, 4) is 11.1 Å². The van der Waals surface area contributed by atoms with Gasteiger partial charge in [0.1, 0.15) is 6.04 Å². The summed E-state index contributed by atoms with van der Waals surface area (Å²) < 4.78 is 0. The Morgan fingerprint density at radius 2 is 1.53 bits per heavy atom. The first-order valence-corrected chi connectivity index (χ1v) is 6.42. The molecule has 1 atom stereocenters. The molecular formula is C16H18N+. The van der Waals surface area contributed by atoms with E-state index in [0.29, 0.717) is 6.04 Å². The minimum Gasteiger partial charge on any atom is -0.340 e. The van der Waals surface area contributed by atoms with Gasteiger partial charge >= 0.3 is 0 Å². The Bertz CT molecular complexity index is 467. The second kappa shape index (κ2) is 4.72. The zero-order chi connectivity index (χ0) is 11.5. The Morgan fingerprint density at radius 3 is 2.18 bits per heavy atom. The highest BCUT2D eigenvalue weighted by atomic mass is 14.9. The van der Waals surface area contributed by atoms with Crippen LogP contribution in [0.1, 0.15) is 24.4 Å². The van der Waals surface area contributed by atoms with Gasteiger partial charge in [0.15, 0.2) is 0 Å². The lowest BCUT2D eigenvalue weighted by Crippen LogP contribution is -2.81. The molecule has 1 aliphatic heterocycles. The van der Waals surface area contributed by atoms with Gasteiger partial charge in [0.05, 0.1) is 6.54 Å². The zero-order valence-electron chi connectivity index (χ0n) is 9.97. The van der Waals surface area contributed by atoms with E-state index >= 15 is 0 Å². The van der Waals surface area contributed by atoms with Gasteiger partial charge in [0.25, 0.3) is 0 Å². The summed E-state index contributed by atoms with van der Waals surface area (Å²) in [7, 11) is 0. The van der Waals surface area contributed by atoms with Crippen LogP contribution in [0.3, 0.4) is 0 Å². The predicted molar refractivity (Wildman–Crippen MR) is 70.6 cm³/mol. The van der Waals surface area contributed by atoms with Crippen LogP contribution in [0.15, 0.2) is 54.6 Å². The quantitative estimate of drug-likeness (QED) is 0.808. The first-order valence-electron chi connectivity index (χ1n) is 6.42. The van der Waals surface area contributed by atoms with Crippen molar-refractivity contribution >= 4 is 0 Å². The lowest BCUT2D eigenvalue weighted by molar-refractivity contribution is -0.676. The Morgan fingerprint density at radius 1 is 0.824 bits per heavy atom. The second-order valence-electron chi connectivity index (χ2n) is 4.76. The van der Waals surface area contributed by atoms with Crippen molar-refractivity contribution in [3.63, 3.8) is 0 Å². The van der Waals surface area contributed by atoms with Crippen LogP contribution in [-0.2, 0) is 0 Å². The van der Waals surface area contributed by atoms with E-state index < -0.39 is 0 Å².